The van der Waals surface area contributed by atoms with Gasteiger partial charge >= 0.3 is 0 Å². The molecule has 1 aromatic heterocycles. The van der Waals surface area contributed by atoms with Crippen LogP contribution in [0.25, 0.3) is 0 Å². The van der Waals surface area contributed by atoms with Crippen LogP contribution < -0.4 is 15.8 Å². The first-order valence-corrected chi connectivity index (χ1v) is 7.59. The number of benzene rings is 1. The van der Waals surface area contributed by atoms with Crippen molar-refractivity contribution in [2.24, 2.45) is 0 Å². The number of hydrogen-bond donors (Lipinski definition) is 2. The molecule has 0 unspecified atom stereocenters. The van der Waals surface area contributed by atoms with Gasteiger partial charge in [-0.1, -0.05) is 12.1 Å². The summed E-state index contributed by atoms with van der Waals surface area (Å²) in [5, 5.41) is 3.46. The molecule has 1 aromatic carbocycles. The number of carbonyl (C=O) groups excluding carboxylic acids is 1. The Kier molecular flexibility index (Phi) is 5.16. The summed E-state index contributed by atoms with van der Waals surface area (Å²) in [6.07, 6.45) is 1.02. The number of ether oxygens (including phenoxy) is 1. The summed E-state index contributed by atoms with van der Waals surface area (Å²) in [6.45, 7) is 4.37. The van der Waals surface area contributed by atoms with Crippen LogP contribution in [0.1, 0.15) is 23.4 Å². The minimum atomic E-state index is -0.0478. The lowest BCUT2D eigenvalue weighted by atomic mass is 10.3. The van der Waals surface area contributed by atoms with E-state index in [0.29, 0.717) is 36.0 Å². The second-order valence-corrected chi connectivity index (χ2v) is 5.90. The van der Waals surface area contributed by atoms with Crippen LogP contribution >= 0.6 is 11.3 Å². The van der Waals surface area contributed by atoms with E-state index in [2.05, 4.69) is 10.3 Å². The predicted octanol–water partition coefficient (Wildman–Crippen LogP) is 3.14. The summed E-state index contributed by atoms with van der Waals surface area (Å²) in [5.41, 5.74) is 7.33. The van der Waals surface area contributed by atoms with Gasteiger partial charge in [-0.2, -0.15) is 0 Å². The van der Waals surface area contributed by atoms with Gasteiger partial charge in [0.15, 0.2) is 5.13 Å². The van der Waals surface area contributed by atoms with Crippen LogP contribution in [0.2, 0.25) is 0 Å². The van der Waals surface area contributed by atoms with E-state index >= 15 is 0 Å². The number of nitrogens with zero attached hydrogens (tertiary/aromatic N) is 1. The zero-order valence-corrected chi connectivity index (χ0v) is 13.0. The van der Waals surface area contributed by atoms with Crippen LogP contribution in [0.3, 0.4) is 0 Å². The number of anilines is 2. The number of aromatic nitrogens is 1. The van der Waals surface area contributed by atoms with Gasteiger partial charge in [0.2, 0.25) is 5.91 Å². The van der Waals surface area contributed by atoms with Crippen LogP contribution in [0.4, 0.5) is 10.8 Å². The molecule has 5 nitrogen and oxygen atoms in total. The number of nitrogens with one attached hydrogen (secondary N) is 1. The molecule has 0 fully saturated rings. The van der Waals surface area contributed by atoms with Crippen LogP contribution in [0, 0.1) is 13.8 Å². The van der Waals surface area contributed by atoms with Gasteiger partial charge in [-0.3, -0.25) is 4.79 Å². The first-order valence-electron chi connectivity index (χ1n) is 6.77. The van der Waals surface area contributed by atoms with Gasteiger partial charge in [0, 0.05) is 11.3 Å². The SMILES string of the molecule is Cc1nc(NC(=O)CCCOc2ccccc2N)sc1C. The number of rotatable bonds is 6. The molecule has 0 aliphatic heterocycles. The van der Waals surface area contributed by atoms with Crippen molar-refractivity contribution in [1.82, 2.24) is 4.98 Å². The van der Waals surface area contributed by atoms with Crippen molar-refractivity contribution >= 4 is 28.1 Å². The van der Waals surface area contributed by atoms with Crippen LogP contribution in [-0.2, 0) is 4.79 Å². The summed E-state index contributed by atoms with van der Waals surface area (Å²) < 4.78 is 5.54. The third kappa shape index (κ3) is 4.46. The van der Waals surface area contributed by atoms with Crippen LogP contribution in [-0.4, -0.2) is 17.5 Å². The van der Waals surface area contributed by atoms with Crippen molar-refractivity contribution in [3.8, 4) is 5.75 Å². The molecule has 3 N–H and O–H groups in total. The fraction of sp³-hybridized carbons (Fsp3) is 0.333. The Bertz CT molecular complexity index is 606. The van der Waals surface area contributed by atoms with E-state index in [1.54, 1.807) is 6.07 Å². The Morgan fingerprint density at radius 1 is 1.38 bits per heavy atom. The predicted molar refractivity (Wildman–Crippen MR) is 85.8 cm³/mol. The van der Waals surface area contributed by atoms with Gasteiger partial charge in [-0.15, -0.1) is 11.3 Å². The van der Waals surface area contributed by atoms with Gasteiger partial charge in [0.25, 0.3) is 0 Å². The minimum Gasteiger partial charge on any atom is -0.491 e. The third-order valence-electron chi connectivity index (χ3n) is 3.00. The lowest BCUT2D eigenvalue weighted by molar-refractivity contribution is -0.116. The summed E-state index contributed by atoms with van der Waals surface area (Å²) in [5.74, 6) is 0.609. The minimum absolute atomic E-state index is 0.0478. The second kappa shape index (κ2) is 7.08. The largest absolute Gasteiger partial charge is 0.491 e. The van der Waals surface area contributed by atoms with Gasteiger partial charge in [-0.25, -0.2) is 4.98 Å². The first kappa shape index (κ1) is 15.3. The summed E-state index contributed by atoms with van der Waals surface area (Å²) in [6, 6.07) is 7.32. The number of aryl methyl sites for hydroxylation is 2. The van der Waals surface area contributed by atoms with E-state index < -0.39 is 0 Å². The molecule has 0 bridgehead atoms. The maximum Gasteiger partial charge on any atom is 0.226 e. The van der Waals surface area contributed by atoms with E-state index in [-0.39, 0.29) is 5.91 Å². The summed E-state index contributed by atoms with van der Waals surface area (Å²) in [4.78, 5) is 17.2. The average Bonchev–Trinajstić information content (AvgIpc) is 2.75. The molecule has 1 amide bonds. The normalized spacial score (nSPS) is 10.4. The van der Waals surface area contributed by atoms with Gasteiger partial charge in [0.05, 0.1) is 18.0 Å². The number of para-hydroxylation sites is 2. The van der Waals surface area contributed by atoms with E-state index in [4.69, 9.17) is 10.5 Å². The quantitative estimate of drug-likeness (QED) is 0.635. The first-order chi connectivity index (χ1) is 10.1. The van der Waals surface area contributed by atoms with Crippen molar-refractivity contribution in [2.45, 2.75) is 26.7 Å². The highest BCUT2D eigenvalue weighted by Gasteiger charge is 2.08. The van der Waals surface area contributed by atoms with Crippen molar-refractivity contribution in [3.05, 3.63) is 34.8 Å². The molecular formula is C15H19N3O2S. The van der Waals surface area contributed by atoms with Gasteiger partial charge < -0.3 is 15.8 Å². The van der Waals surface area contributed by atoms with E-state index in [1.807, 2.05) is 32.0 Å². The number of nitrogen functional groups attached to an aromatic ring is 1. The fourth-order valence-corrected chi connectivity index (χ4v) is 2.57. The highest BCUT2D eigenvalue weighted by molar-refractivity contribution is 7.15. The smallest absolute Gasteiger partial charge is 0.226 e. The van der Waals surface area contributed by atoms with Crippen molar-refractivity contribution in [1.29, 1.82) is 0 Å². The Hall–Kier alpha value is -2.08. The number of hydrogen-bond acceptors (Lipinski definition) is 5. The molecular weight excluding hydrogens is 286 g/mol. The molecule has 0 saturated heterocycles. The molecule has 6 heteroatoms. The number of carbonyl (C=O) groups is 1. The Morgan fingerprint density at radius 3 is 2.81 bits per heavy atom. The molecule has 0 aliphatic rings. The summed E-state index contributed by atoms with van der Waals surface area (Å²) in [7, 11) is 0. The van der Waals surface area contributed by atoms with Crippen LogP contribution in [0.15, 0.2) is 24.3 Å². The average molecular weight is 305 g/mol. The van der Waals surface area contributed by atoms with Gasteiger partial charge in [0.1, 0.15) is 5.75 Å². The molecule has 0 radical (unpaired) electrons. The van der Waals surface area contributed by atoms with Crippen LogP contribution in [0.5, 0.6) is 5.75 Å². The molecule has 112 valence electrons. The second-order valence-electron chi connectivity index (χ2n) is 4.70. The number of thiazole rings is 1. The molecule has 0 atom stereocenters. The van der Waals surface area contributed by atoms with E-state index in [1.165, 1.54) is 11.3 Å². The zero-order valence-electron chi connectivity index (χ0n) is 12.2. The highest BCUT2D eigenvalue weighted by Crippen LogP contribution is 2.22. The zero-order chi connectivity index (χ0) is 15.2. The standard InChI is InChI=1S/C15H19N3O2S/c1-10-11(2)21-15(17-10)18-14(19)8-5-9-20-13-7-4-3-6-12(13)16/h3-4,6-7H,5,8-9,16H2,1-2H3,(H,17,18,19). The monoisotopic (exact) mass is 305 g/mol. The molecule has 2 aromatic rings. The molecule has 0 spiro atoms. The Balaban J connectivity index is 1.71. The molecule has 2 rings (SSSR count). The van der Waals surface area contributed by atoms with Gasteiger partial charge in [-0.05, 0) is 32.4 Å². The van der Waals surface area contributed by atoms with E-state index in [9.17, 15) is 4.79 Å². The topological polar surface area (TPSA) is 77.2 Å². The Labute approximate surface area is 128 Å². The maximum atomic E-state index is 11.8. The molecule has 0 aliphatic carbocycles. The number of amides is 1. The molecule has 0 saturated carbocycles. The fourth-order valence-electron chi connectivity index (χ4n) is 1.73. The molecule has 21 heavy (non-hydrogen) atoms. The van der Waals surface area contributed by atoms with Crippen molar-refractivity contribution in [3.63, 3.8) is 0 Å². The molecule has 1 heterocycles. The highest BCUT2D eigenvalue weighted by atomic mass is 32.1. The van der Waals surface area contributed by atoms with Crippen molar-refractivity contribution < 1.29 is 9.53 Å². The summed E-state index contributed by atoms with van der Waals surface area (Å²) >= 11 is 1.49. The third-order valence-corrected chi connectivity index (χ3v) is 3.99. The maximum absolute atomic E-state index is 11.8. The Morgan fingerprint density at radius 2 is 2.14 bits per heavy atom. The lowest BCUT2D eigenvalue weighted by Gasteiger charge is -2.08. The van der Waals surface area contributed by atoms with Crippen molar-refractivity contribution in [2.75, 3.05) is 17.7 Å². The van der Waals surface area contributed by atoms with E-state index in [0.717, 1.165) is 10.6 Å². The lowest BCUT2D eigenvalue weighted by Crippen LogP contribution is -2.12. The number of nitrogens with two attached hydrogens (primary N) is 1.